The molecule has 4 nitrogen and oxygen atoms in total. The number of ketones is 1. The standard InChI is InChI=1S/C9H11ClN2O2/c1-11-5-6(13)8-7(14-2)3-4-12-9(8)10/h3-4,11H,5H2,1-2H3. The number of likely N-dealkylation sites (N-methyl/N-ethyl adjacent to an activating group) is 1. The topological polar surface area (TPSA) is 51.2 Å². The lowest BCUT2D eigenvalue weighted by atomic mass is 10.1. The molecule has 0 bridgehead atoms. The molecule has 0 spiro atoms. The van der Waals surface area contributed by atoms with Gasteiger partial charge in [-0.05, 0) is 13.1 Å². The molecular weight excluding hydrogens is 204 g/mol. The zero-order valence-corrected chi connectivity index (χ0v) is 8.76. The molecule has 5 heteroatoms. The Morgan fingerprint density at radius 3 is 3.00 bits per heavy atom. The van der Waals surface area contributed by atoms with Crippen LogP contribution in [0.2, 0.25) is 5.15 Å². The van der Waals surface area contributed by atoms with Gasteiger partial charge in [0.05, 0.1) is 19.2 Å². The molecule has 0 fully saturated rings. The first-order valence-corrected chi connectivity index (χ1v) is 4.44. The Bertz CT molecular complexity index is 342. The predicted molar refractivity (Wildman–Crippen MR) is 54.1 cm³/mol. The molecule has 0 aliphatic heterocycles. The number of pyridine rings is 1. The van der Waals surface area contributed by atoms with Crippen molar-refractivity contribution < 1.29 is 9.53 Å². The number of methoxy groups -OCH3 is 1. The van der Waals surface area contributed by atoms with Gasteiger partial charge in [-0.1, -0.05) is 11.6 Å². The Morgan fingerprint density at radius 1 is 1.71 bits per heavy atom. The molecule has 0 unspecified atom stereocenters. The Labute approximate surface area is 87.2 Å². The number of nitrogens with zero attached hydrogens (tertiary/aromatic N) is 1. The van der Waals surface area contributed by atoms with Gasteiger partial charge in [0.1, 0.15) is 10.9 Å². The van der Waals surface area contributed by atoms with E-state index in [1.807, 2.05) is 0 Å². The molecule has 1 N–H and O–H groups in total. The number of hydrogen-bond donors (Lipinski definition) is 1. The van der Waals surface area contributed by atoms with Gasteiger partial charge in [0.2, 0.25) is 0 Å². The minimum Gasteiger partial charge on any atom is -0.496 e. The highest BCUT2D eigenvalue weighted by Gasteiger charge is 2.16. The zero-order chi connectivity index (χ0) is 10.6. The molecule has 0 saturated heterocycles. The molecule has 0 saturated carbocycles. The fourth-order valence-electron chi connectivity index (χ4n) is 1.09. The second kappa shape index (κ2) is 4.93. The molecular formula is C9H11ClN2O2. The molecule has 14 heavy (non-hydrogen) atoms. The van der Waals surface area contributed by atoms with Crippen LogP contribution in [-0.4, -0.2) is 31.5 Å². The number of aromatic nitrogens is 1. The third kappa shape index (κ3) is 2.21. The van der Waals surface area contributed by atoms with Crippen molar-refractivity contribution in [3.63, 3.8) is 0 Å². The summed E-state index contributed by atoms with van der Waals surface area (Å²) in [6, 6.07) is 1.61. The second-order valence-corrected chi connectivity index (χ2v) is 2.99. The smallest absolute Gasteiger partial charge is 0.183 e. The summed E-state index contributed by atoms with van der Waals surface area (Å²) in [4.78, 5) is 15.4. The number of carbonyl (C=O) groups is 1. The average Bonchev–Trinajstić information content (AvgIpc) is 2.17. The summed E-state index contributed by atoms with van der Waals surface area (Å²) >= 11 is 5.80. The Balaban J connectivity index is 3.10. The minimum absolute atomic E-state index is 0.137. The molecule has 0 aliphatic carbocycles. The van der Waals surface area contributed by atoms with Crippen molar-refractivity contribution in [3.8, 4) is 5.75 Å². The molecule has 0 radical (unpaired) electrons. The van der Waals surface area contributed by atoms with E-state index in [0.29, 0.717) is 11.3 Å². The van der Waals surface area contributed by atoms with Crippen LogP contribution in [-0.2, 0) is 0 Å². The van der Waals surface area contributed by atoms with Crippen molar-refractivity contribution in [1.29, 1.82) is 0 Å². The van der Waals surface area contributed by atoms with Gasteiger partial charge in [-0.2, -0.15) is 0 Å². The molecule has 0 atom stereocenters. The van der Waals surface area contributed by atoms with E-state index in [4.69, 9.17) is 16.3 Å². The van der Waals surface area contributed by atoms with Crippen LogP contribution in [0.4, 0.5) is 0 Å². The quantitative estimate of drug-likeness (QED) is 0.604. The maximum absolute atomic E-state index is 11.6. The summed E-state index contributed by atoms with van der Waals surface area (Å²) < 4.78 is 5.02. The second-order valence-electron chi connectivity index (χ2n) is 2.63. The number of ether oxygens (including phenoxy) is 1. The molecule has 0 amide bonds. The molecule has 0 aromatic carbocycles. The normalized spacial score (nSPS) is 9.93. The lowest BCUT2D eigenvalue weighted by Gasteiger charge is -2.07. The minimum atomic E-state index is -0.137. The fourth-order valence-corrected chi connectivity index (χ4v) is 1.35. The van der Waals surface area contributed by atoms with E-state index in [1.54, 1.807) is 13.1 Å². The summed E-state index contributed by atoms with van der Waals surface area (Å²) in [7, 11) is 3.18. The van der Waals surface area contributed by atoms with E-state index in [0.717, 1.165) is 0 Å². The Kier molecular flexibility index (Phi) is 3.85. The summed E-state index contributed by atoms with van der Waals surface area (Å²) in [6.07, 6.45) is 1.50. The van der Waals surface area contributed by atoms with Crippen LogP contribution in [0.1, 0.15) is 10.4 Å². The predicted octanol–water partition coefficient (Wildman–Crippen LogP) is 1.15. The SMILES string of the molecule is CNCC(=O)c1c(OC)ccnc1Cl. The van der Waals surface area contributed by atoms with E-state index in [1.165, 1.54) is 13.3 Å². The van der Waals surface area contributed by atoms with Crippen LogP contribution in [0.3, 0.4) is 0 Å². The number of carbonyl (C=O) groups excluding carboxylic acids is 1. The van der Waals surface area contributed by atoms with Gasteiger partial charge in [-0.3, -0.25) is 4.79 Å². The first-order valence-electron chi connectivity index (χ1n) is 4.07. The third-order valence-corrected chi connectivity index (χ3v) is 1.99. The van der Waals surface area contributed by atoms with E-state index in [2.05, 4.69) is 10.3 Å². The van der Waals surface area contributed by atoms with Crippen LogP contribution in [0.15, 0.2) is 12.3 Å². The van der Waals surface area contributed by atoms with E-state index < -0.39 is 0 Å². The highest BCUT2D eigenvalue weighted by atomic mass is 35.5. The van der Waals surface area contributed by atoms with Gasteiger partial charge in [0, 0.05) is 6.20 Å². The number of hydrogen-bond acceptors (Lipinski definition) is 4. The van der Waals surface area contributed by atoms with Gasteiger partial charge in [0.25, 0.3) is 0 Å². The van der Waals surface area contributed by atoms with Crippen molar-refractivity contribution in [2.24, 2.45) is 0 Å². The first-order chi connectivity index (χ1) is 6.70. The summed E-state index contributed by atoms with van der Waals surface area (Å²) in [6.45, 7) is 0.210. The van der Waals surface area contributed by atoms with Crippen LogP contribution in [0.5, 0.6) is 5.75 Å². The molecule has 1 aromatic heterocycles. The van der Waals surface area contributed by atoms with Crippen molar-refractivity contribution in [2.45, 2.75) is 0 Å². The Morgan fingerprint density at radius 2 is 2.43 bits per heavy atom. The third-order valence-electron chi connectivity index (χ3n) is 1.70. The molecule has 1 rings (SSSR count). The first kappa shape index (κ1) is 10.9. The van der Waals surface area contributed by atoms with Crippen LogP contribution >= 0.6 is 11.6 Å². The highest BCUT2D eigenvalue weighted by molar-refractivity contribution is 6.33. The summed E-state index contributed by atoms with van der Waals surface area (Å²) in [5, 5.41) is 2.92. The summed E-state index contributed by atoms with van der Waals surface area (Å²) in [5.74, 6) is 0.313. The summed E-state index contributed by atoms with van der Waals surface area (Å²) in [5.41, 5.74) is 0.325. The lowest BCUT2D eigenvalue weighted by Crippen LogP contribution is -2.19. The Hall–Kier alpha value is -1.13. The molecule has 0 aliphatic rings. The van der Waals surface area contributed by atoms with Gasteiger partial charge >= 0.3 is 0 Å². The molecule has 1 heterocycles. The maximum Gasteiger partial charge on any atom is 0.183 e. The highest BCUT2D eigenvalue weighted by Crippen LogP contribution is 2.23. The van der Waals surface area contributed by atoms with Gasteiger partial charge in [0.15, 0.2) is 5.78 Å². The maximum atomic E-state index is 11.6. The number of nitrogens with one attached hydrogen (secondary N) is 1. The largest absolute Gasteiger partial charge is 0.496 e. The lowest BCUT2D eigenvalue weighted by molar-refractivity contribution is 0.0990. The number of rotatable bonds is 4. The van der Waals surface area contributed by atoms with Crippen LogP contribution in [0, 0.1) is 0 Å². The molecule has 76 valence electrons. The van der Waals surface area contributed by atoms with Gasteiger partial charge in [-0.25, -0.2) is 4.98 Å². The monoisotopic (exact) mass is 214 g/mol. The van der Waals surface area contributed by atoms with Crippen LogP contribution < -0.4 is 10.1 Å². The van der Waals surface area contributed by atoms with Crippen molar-refractivity contribution >= 4 is 17.4 Å². The van der Waals surface area contributed by atoms with Crippen molar-refractivity contribution in [1.82, 2.24) is 10.3 Å². The van der Waals surface area contributed by atoms with Crippen molar-refractivity contribution in [2.75, 3.05) is 20.7 Å². The van der Waals surface area contributed by atoms with Crippen LogP contribution in [0.25, 0.3) is 0 Å². The van der Waals surface area contributed by atoms with E-state index in [9.17, 15) is 4.79 Å². The average molecular weight is 215 g/mol. The van der Waals surface area contributed by atoms with Gasteiger partial charge in [-0.15, -0.1) is 0 Å². The number of Topliss-reactive ketones (excluding diaryl/α,β-unsaturated/α-hetero) is 1. The fraction of sp³-hybridized carbons (Fsp3) is 0.333. The van der Waals surface area contributed by atoms with Crippen molar-refractivity contribution in [3.05, 3.63) is 23.0 Å². The van der Waals surface area contributed by atoms with E-state index >= 15 is 0 Å². The van der Waals surface area contributed by atoms with Gasteiger partial charge < -0.3 is 10.1 Å². The molecule has 1 aromatic rings. The zero-order valence-electron chi connectivity index (χ0n) is 8.00. The number of halogens is 1. The van der Waals surface area contributed by atoms with E-state index in [-0.39, 0.29) is 17.5 Å².